The Labute approximate surface area is 137 Å². The quantitative estimate of drug-likeness (QED) is 0.405. The molecule has 0 aliphatic heterocycles. The number of aldehydes is 1. The highest BCUT2D eigenvalue weighted by molar-refractivity contribution is 9.10. The Morgan fingerprint density at radius 2 is 1.86 bits per heavy atom. The number of hydrogen-bond acceptors (Lipinski definition) is 4. The maximum Gasteiger partial charge on any atom is 0.313 e. The number of halogens is 3. The van der Waals surface area contributed by atoms with E-state index in [1.807, 2.05) is 0 Å². The third-order valence-corrected chi connectivity index (χ3v) is 3.93. The molecule has 0 aliphatic carbocycles. The number of benzene rings is 2. The molecule has 2 aromatic rings. The molecule has 8 heteroatoms. The number of nitro benzene ring substituents is 1. The fourth-order valence-electron chi connectivity index (χ4n) is 1.54. The number of carbonyl (C=O) groups excluding carboxylic acids is 1. The molecule has 5 nitrogen and oxygen atoms in total. The van der Waals surface area contributed by atoms with E-state index < -0.39 is 4.92 Å². The van der Waals surface area contributed by atoms with E-state index in [2.05, 4.69) is 15.9 Å². The number of nitrogens with zero attached hydrogens (tertiary/aromatic N) is 1. The number of rotatable bonds is 4. The Kier molecular flexibility index (Phi) is 4.82. The third kappa shape index (κ3) is 3.53. The second-order valence-electron chi connectivity index (χ2n) is 3.89. The Morgan fingerprint density at radius 3 is 2.43 bits per heavy atom. The van der Waals surface area contributed by atoms with Crippen LogP contribution < -0.4 is 4.74 Å². The van der Waals surface area contributed by atoms with Gasteiger partial charge in [-0.15, -0.1) is 0 Å². The molecule has 0 N–H and O–H groups in total. The van der Waals surface area contributed by atoms with Crippen molar-refractivity contribution in [3.8, 4) is 11.5 Å². The molecule has 0 bridgehead atoms. The van der Waals surface area contributed by atoms with Crippen LogP contribution in [0.2, 0.25) is 10.0 Å². The number of carbonyl (C=O) groups is 1. The van der Waals surface area contributed by atoms with Gasteiger partial charge in [0.1, 0.15) is 5.75 Å². The van der Waals surface area contributed by atoms with Crippen LogP contribution in [0.4, 0.5) is 5.69 Å². The first-order chi connectivity index (χ1) is 9.92. The van der Waals surface area contributed by atoms with Gasteiger partial charge in [0.05, 0.1) is 15.0 Å². The summed E-state index contributed by atoms with van der Waals surface area (Å²) < 4.78 is 5.97. The van der Waals surface area contributed by atoms with E-state index in [0.29, 0.717) is 22.1 Å². The average Bonchev–Trinajstić information content (AvgIpc) is 2.42. The summed E-state index contributed by atoms with van der Waals surface area (Å²) in [6.45, 7) is 0. The molecule has 0 heterocycles. The van der Waals surface area contributed by atoms with Gasteiger partial charge in [-0.1, -0.05) is 23.2 Å². The first kappa shape index (κ1) is 15.8. The summed E-state index contributed by atoms with van der Waals surface area (Å²) in [6.07, 6.45) is 0.676. The zero-order chi connectivity index (χ0) is 15.6. The summed E-state index contributed by atoms with van der Waals surface area (Å²) in [7, 11) is 0. The third-order valence-electron chi connectivity index (χ3n) is 2.53. The Balaban J connectivity index is 2.43. The van der Waals surface area contributed by atoms with E-state index in [-0.39, 0.29) is 21.5 Å². The molecule has 108 valence electrons. The summed E-state index contributed by atoms with van der Waals surface area (Å²) in [6, 6.07) is 6.95. The van der Waals surface area contributed by atoms with Crippen molar-refractivity contribution in [2.45, 2.75) is 0 Å². The fraction of sp³-hybridized carbons (Fsp3) is 0. The lowest BCUT2D eigenvalue weighted by atomic mass is 10.2. The Morgan fingerprint density at radius 1 is 1.19 bits per heavy atom. The van der Waals surface area contributed by atoms with Gasteiger partial charge in [-0.25, -0.2) is 0 Å². The minimum Gasteiger partial charge on any atom is -0.450 e. The van der Waals surface area contributed by atoms with Crippen LogP contribution in [0.5, 0.6) is 11.5 Å². The molecule has 0 atom stereocenters. The van der Waals surface area contributed by atoms with Gasteiger partial charge in [0.15, 0.2) is 6.29 Å². The molecule has 0 spiro atoms. The zero-order valence-corrected chi connectivity index (χ0v) is 13.3. The highest BCUT2D eigenvalue weighted by Crippen LogP contribution is 2.38. The predicted molar refractivity (Wildman–Crippen MR) is 82.7 cm³/mol. The van der Waals surface area contributed by atoms with E-state index >= 15 is 0 Å². The normalized spacial score (nSPS) is 10.2. The van der Waals surface area contributed by atoms with Crippen molar-refractivity contribution in [2.75, 3.05) is 0 Å². The molecule has 0 amide bonds. The molecule has 0 saturated heterocycles. The van der Waals surface area contributed by atoms with Crippen LogP contribution in [0.1, 0.15) is 10.4 Å². The molecule has 0 unspecified atom stereocenters. The summed E-state index contributed by atoms with van der Waals surface area (Å²) in [5.41, 5.74) is 0.131. The monoisotopic (exact) mass is 389 g/mol. The van der Waals surface area contributed by atoms with Crippen LogP contribution in [-0.2, 0) is 0 Å². The van der Waals surface area contributed by atoms with Crippen LogP contribution in [-0.4, -0.2) is 11.2 Å². The lowest BCUT2D eigenvalue weighted by Gasteiger charge is -2.08. The summed E-state index contributed by atoms with van der Waals surface area (Å²) in [5, 5.41) is 11.2. The van der Waals surface area contributed by atoms with Gasteiger partial charge in [0.25, 0.3) is 0 Å². The molecule has 0 aliphatic rings. The van der Waals surface area contributed by atoms with Gasteiger partial charge in [0.2, 0.25) is 5.75 Å². The van der Waals surface area contributed by atoms with E-state index in [9.17, 15) is 14.9 Å². The van der Waals surface area contributed by atoms with Gasteiger partial charge < -0.3 is 4.74 Å². The molecule has 0 fully saturated rings. The van der Waals surface area contributed by atoms with E-state index in [0.717, 1.165) is 6.07 Å². The van der Waals surface area contributed by atoms with Crippen LogP contribution in [0.25, 0.3) is 0 Å². The van der Waals surface area contributed by atoms with Crippen molar-refractivity contribution in [1.82, 2.24) is 0 Å². The molecule has 0 saturated carbocycles. The van der Waals surface area contributed by atoms with Crippen molar-refractivity contribution in [3.63, 3.8) is 0 Å². The number of nitro groups is 1. The first-order valence-corrected chi connectivity index (χ1v) is 7.03. The second-order valence-corrected chi connectivity index (χ2v) is 5.56. The van der Waals surface area contributed by atoms with Gasteiger partial charge in [-0.05, 0) is 34.1 Å². The predicted octanol–water partition coefficient (Wildman–Crippen LogP) is 5.27. The minimum absolute atomic E-state index is 0.0415. The van der Waals surface area contributed by atoms with E-state index in [4.69, 9.17) is 27.9 Å². The molecule has 2 aromatic carbocycles. The highest BCUT2D eigenvalue weighted by atomic mass is 79.9. The molecule has 21 heavy (non-hydrogen) atoms. The van der Waals surface area contributed by atoms with E-state index in [1.165, 1.54) is 24.3 Å². The number of ether oxygens (including phenoxy) is 1. The fourth-order valence-corrected chi connectivity index (χ4v) is 2.30. The van der Waals surface area contributed by atoms with Crippen molar-refractivity contribution < 1.29 is 14.5 Å². The van der Waals surface area contributed by atoms with Gasteiger partial charge in [-0.2, -0.15) is 0 Å². The van der Waals surface area contributed by atoms with Crippen LogP contribution >= 0.6 is 39.1 Å². The van der Waals surface area contributed by atoms with E-state index in [1.54, 1.807) is 0 Å². The van der Waals surface area contributed by atoms with Gasteiger partial charge in [-0.3, -0.25) is 14.9 Å². The molecule has 0 radical (unpaired) electrons. The Hall–Kier alpha value is -1.63. The summed E-state index contributed by atoms with van der Waals surface area (Å²) in [4.78, 5) is 21.1. The highest BCUT2D eigenvalue weighted by Gasteiger charge is 2.19. The minimum atomic E-state index is -0.619. The second kappa shape index (κ2) is 6.43. The first-order valence-electron chi connectivity index (χ1n) is 5.48. The SMILES string of the molecule is O=Cc1ccc(Oc2cc(Cl)c(Cl)cc2[N+](=O)[O-])cc1Br. The summed E-state index contributed by atoms with van der Waals surface area (Å²) in [5.74, 6) is 0.272. The van der Waals surface area contributed by atoms with Crippen molar-refractivity contribution >= 4 is 51.1 Å². The lowest BCUT2D eigenvalue weighted by molar-refractivity contribution is -0.385. The van der Waals surface area contributed by atoms with Crippen LogP contribution in [0.3, 0.4) is 0 Å². The van der Waals surface area contributed by atoms with Gasteiger partial charge >= 0.3 is 5.69 Å². The topological polar surface area (TPSA) is 69.4 Å². The maximum absolute atomic E-state index is 11.0. The standard InChI is InChI=1S/C13H6BrCl2NO4/c14-9-3-8(2-1-7(9)6-18)21-13-5-11(16)10(15)4-12(13)17(19)20/h1-6H. The zero-order valence-electron chi connectivity index (χ0n) is 10.2. The molecule has 0 aromatic heterocycles. The summed E-state index contributed by atoms with van der Waals surface area (Å²) >= 11 is 14.8. The smallest absolute Gasteiger partial charge is 0.313 e. The Bertz CT molecular complexity index is 736. The van der Waals surface area contributed by atoms with Crippen LogP contribution in [0.15, 0.2) is 34.8 Å². The van der Waals surface area contributed by atoms with Gasteiger partial charge in [0, 0.05) is 22.2 Å². The van der Waals surface area contributed by atoms with Crippen molar-refractivity contribution in [3.05, 3.63) is 60.5 Å². The van der Waals surface area contributed by atoms with Crippen LogP contribution in [0, 0.1) is 10.1 Å². The molecular formula is C13H6BrCl2NO4. The van der Waals surface area contributed by atoms with Crippen molar-refractivity contribution in [2.24, 2.45) is 0 Å². The molecular weight excluding hydrogens is 385 g/mol. The average molecular weight is 391 g/mol. The largest absolute Gasteiger partial charge is 0.450 e. The molecule has 2 rings (SSSR count). The number of hydrogen-bond donors (Lipinski definition) is 0. The van der Waals surface area contributed by atoms with Crippen molar-refractivity contribution in [1.29, 1.82) is 0 Å². The maximum atomic E-state index is 11.0. The lowest BCUT2D eigenvalue weighted by Crippen LogP contribution is -1.94.